The van der Waals surface area contributed by atoms with Crippen LogP contribution in [0.3, 0.4) is 0 Å². The van der Waals surface area contributed by atoms with Crippen LogP contribution in [0.1, 0.15) is 39.5 Å². The predicted molar refractivity (Wildman–Crippen MR) is 68.4 cm³/mol. The Bertz CT molecular complexity index is 318. The van der Waals surface area contributed by atoms with Crippen LogP contribution in [-0.2, 0) is 0 Å². The standard InChI is InChI=1S/C14H24N2O/c1-9-5-10(2)8-16(7-9)14-12-4-3-11(6-12)13(14)15-17/h9-12,14,17H,3-8H2,1-2H3. The van der Waals surface area contributed by atoms with Crippen LogP contribution in [0.25, 0.3) is 0 Å². The fraction of sp³-hybridized carbons (Fsp3) is 0.929. The zero-order chi connectivity index (χ0) is 12.0. The molecule has 3 fully saturated rings. The maximum absolute atomic E-state index is 9.28. The number of piperidine rings is 1. The zero-order valence-corrected chi connectivity index (χ0v) is 11.0. The van der Waals surface area contributed by atoms with Crippen molar-refractivity contribution in [2.24, 2.45) is 28.8 Å². The Morgan fingerprint density at radius 2 is 1.82 bits per heavy atom. The summed E-state index contributed by atoms with van der Waals surface area (Å²) in [5, 5.41) is 12.9. The van der Waals surface area contributed by atoms with Crippen molar-refractivity contribution < 1.29 is 5.21 Å². The van der Waals surface area contributed by atoms with E-state index in [0.29, 0.717) is 12.0 Å². The number of nitrogens with zero attached hydrogens (tertiary/aromatic N) is 2. The molecule has 2 saturated carbocycles. The van der Waals surface area contributed by atoms with Crippen LogP contribution in [-0.4, -0.2) is 35.0 Å². The van der Waals surface area contributed by atoms with Crippen LogP contribution in [0.4, 0.5) is 0 Å². The molecule has 0 radical (unpaired) electrons. The Morgan fingerprint density at radius 3 is 2.47 bits per heavy atom. The molecule has 0 aromatic heterocycles. The van der Waals surface area contributed by atoms with Crippen LogP contribution in [0, 0.1) is 23.7 Å². The molecule has 3 rings (SSSR count). The van der Waals surface area contributed by atoms with E-state index in [4.69, 9.17) is 0 Å². The summed E-state index contributed by atoms with van der Waals surface area (Å²) in [5.74, 6) is 2.93. The van der Waals surface area contributed by atoms with Crippen molar-refractivity contribution in [3.05, 3.63) is 0 Å². The maximum atomic E-state index is 9.28. The van der Waals surface area contributed by atoms with Gasteiger partial charge in [-0.15, -0.1) is 0 Å². The molecule has 1 aliphatic heterocycles. The summed E-state index contributed by atoms with van der Waals surface area (Å²) in [7, 11) is 0. The number of hydrogen-bond donors (Lipinski definition) is 1. The summed E-state index contributed by atoms with van der Waals surface area (Å²) >= 11 is 0. The number of likely N-dealkylation sites (tertiary alicyclic amines) is 1. The smallest absolute Gasteiger partial charge is 0.0775 e. The van der Waals surface area contributed by atoms with E-state index in [9.17, 15) is 5.21 Å². The van der Waals surface area contributed by atoms with Crippen LogP contribution >= 0.6 is 0 Å². The van der Waals surface area contributed by atoms with Gasteiger partial charge in [-0.25, -0.2) is 0 Å². The van der Waals surface area contributed by atoms with Crippen molar-refractivity contribution in [2.75, 3.05) is 13.1 Å². The number of fused-ring (bicyclic) bond motifs is 2. The molecule has 1 saturated heterocycles. The molecule has 17 heavy (non-hydrogen) atoms. The van der Waals surface area contributed by atoms with Crippen molar-refractivity contribution in [1.29, 1.82) is 0 Å². The summed E-state index contributed by atoms with van der Waals surface area (Å²) in [6, 6.07) is 0.462. The fourth-order valence-corrected chi connectivity index (χ4v) is 4.62. The molecule has 0 amide bonds. The van der Waals surface area contributed by atoms with Crippen molar-refractivity contribution in [1.82, 2.24) is 4.90 Å². The molecule has 0 aromatic rings. The monoisotopic (exact) mass is 236 g/mol. The Kier molecular flexibility index (Phi) is 2.89. The van der Waals surface area contributed by atoms with Gasteiger partial charge in [0, 0.05) is 19.0 Å². The lowest BCUT2D eigenvalue weighted by Crippen LogP contribution is -2.50. The van der Waals surface area contributed by atoms with E-state index in [1.165, 1.54) is 38.8 Å². The van der Waals surface area contributed by atoms with E-state index >= 15 is 0 Å². The molecule has 3 heteroatoms. The van der Waals surface area contributed by atoms with Crippen molar-refractivity contribution in [3.8, 4) is 0 Å². The third-order valence-corrected chi connectivity index (χ3v) is 5.05. The highest BCUT2D eigenvalue weighted by Gasteiger charge is 2.48. The zero-order valence-electron chi connectivity index (χ0n) is 11.0. The van der Waals surface area contributed by atoms with Crippen LogP contribution in [0.2, 0.25) is 0 Å². The lowest BCUT2D eigenvalue weighted by atomic mass is 9.86. The van der Waals surface area contributed by atoms with Gasteiger partial charge in [-0.1, -0.05) is 19.0 Å². The van der Waals surface area contributed by atoms with Gasteiger partial charge in [0.1, 0.15) is 0 Å². The van der Waals surface area contributed by atoms with Gasteiger partial charge in [-0.2, -0.15) is 0 Å². The second-order valence-corrected chi connectivity index (χ2v) is 6.64. The highest BCUT2D eigenvalue weighted by molar-refractivity contribution is 5.94. The lowest BCUT2D eigenvalue weighted by Gasteiger charge is -2.41. The maximum Gasteiger partial charge on any atom is 0.0775 e. The molecular formula is C14H24N2O. The second kappa shape index (κ2) is 4.27. The first-order chi connectivity index (χ1) is 8.19. The van der Waals surface area contributed by atoms with E-state index in [-0.39, 0.29) is 0 Å². The molecule has 3 aliphatic rings. The van der Waals surface area contributed by atoms with Gasteiger partial charge in [0.2, 0.25) is 0 Å². The molecule has 1 heterocycles. The molecular weight excluding hydrogens is 212 g/mol. The Morgan fingerprint density at radius 1 is 1.12 bits per heavy atom. The molecule has 5 unspecified atom stereocenters. The van der Waals surface area contributed by atoms with E-state index in [1.807, 2.05) is 0 Å². The van der Waals surface area contributed by atoms with Gasteiger partial charge in [0.25, 0.3) is 0 Å². The van der Waals surface area contributed by atoms with Gasteiger partial charge in [0.05, 0.1) is 11.8 Å². The lowest BCUT2D eigenvalue weighted by molar-refractivity contribution is 0.0987. The van der Waals surface area contributed by atoms with Crippen molar-refractivity contribution in [3.63, 3.8) is 0 Å². The third kappa shape index (κ3) is 1.88. The van der Waals surface area contributed by atoms with Crippen molar-refractivity contribution in [2.45, 2.75) is 45.6 Å². The minimum atomic E-state index is 0.462. The second-order valence-electron chi connectivity index (χ2n) is 6.64. The summed E-state index contributed by atoms with van der Waals surface area (Å²) in [5.41, 5.74) is 1.10. The Labute approximate surface area is 104 Å². The Balaban J connectivity index is 1.79. The minimum absolute atomic E-state index is 0.462. The van der Waals surface area contributed by atoms with E-state index < -0.39 is 0 Å². The number of oxime groups is 1. The molecule has 2 aliphatic carbocycles. The quantitative estimate of drug-likeness (QED) is 0.561. The first kappa shape index (κ1) is 11.5. The fourth-order valence-electron chi connectivity index (χ4n) is 4.62. The predicted octanol–water partition coefficient (Wildman–Crippen LogP) is 2.59. The first-order valence-corrected chi connectivity index (χ1v) is 7.15. The largest absolute Gasteiger partial charge is 0.411 e. The van der Waals surface area contributed by atoms with Crippen LogP contribution in [0.5, 0.6) is 0 Å². The summed E-state index contributed by atoms with van der Waals surface area (Å²) in [6.45, 7) is 7.09. The molecule has 0 spiro atoms. The van der Waals surface area contributed by atoms with Crippen LogP contribution in [0.15, 0.2) is 5.16 Å². The van der Waals surface area contributed by atoms with Gasteiger partial charge < -0.3 is 5.21 Å². The van der Waals surface area contributed by atoms with E-state index in [1.54, 1.807) is 0 Å². The van der Waals surface area contributed by atoms with Gasteiger partial charge in [-0.3, -0.25) is 4.90 Å². The van der Waals surface area contributed by atoms with Crippen molar-refractivity contribution >= 4 is 5.71 Å². The van der Waals surface area contributed by atoms with Gasteiger partial charge in [-0.05, 0) is 43.4 Å². The minimum Gasteiger partial charge on any atom is -0.411 e. The van der Waals surface area contributed by atoms with E-state index in [2.05, 4.69) is 23.9 Å². The average Bonchev–Trinajstić information content (AvgIpc) is 2.86. The topological polar surface area (TPSA) is 35.8 Å². The van der Waals surface area contributed by atoms with Gasteiger partial charge >= 0.3 is 0 Å². The SMILES string of the molecule is CC1CC(C)CN(C2C(=NO)C3CCC2C3)C1. The average molecular weight is 236 g/mol. The number of rotatable bonds is 1. The summed E-state index contributed by atoms with van der Waals surface area (Å²) in [6.07, 6.45) is 5.21. The van der Waals surface area contributed by atoms with Gasteiger partial charge in [0.15, 0.2) is 0 Å². The molecule has 0 aromatic carbocycles. The normalized spacial score (nSPS) is 49.1. The number of hydrogen-bond acceptors (Lipinski definition) is 3. The molecule has 5 atom stereocenters. The molecule has 2 bridgehead atoms. The van der Waals surface area contributed by atoms with E-state index in [0.717, 1.165) is 23.5 Å². The molecule has 96 valence electrons. The molecule has 3 nitrogen and oxygen atoms in total. The van der Waals surface area contributed by atoms with Crippen LogP contribution < -0.4 is 0 Å². The molecule has 1 N–H and O–H groups in total. The highest BCUT2D eigenvalue weighted by Crippen LogP contribution is 2.45. The summed E-state index contributed by atoms with van der Waals surface area (Å²) < 4.78 is 0. The highest BCUT2D eigenvalue weighted by atomic mass is 16.4. The Hall–Kier alpha value is -0.570. The first-order valence-electron chi connectivity index (χ1n) is 7.15. The summed E-state index contributed by atoms with van der Waals surface area (Å²) in [4.78, 5) is 2.61. The third-order valence-electron chi connectivity index (χ3n) is 5.05.